The van der Waals surface area contributed by atoms with E-state index in [2.05, 4.69) is 15.6 Å². The molecule has 1 amide bonds. The maximum Gasteiger partial charge on any atom is 0.413 e. The van der Waals surface area contributed by atoms with Gasteiger partial charge < -0.3 is 10.1 Å². The molecule has 5 heteroatoms. The first-order valence-corrected chi connectivity index (χ1v) is 4.46. The van der Waals surface area contributed by atoms with E-state index >= 15 is 0 Å². The van der Waals surface area contributed by atoms with Crippen LogP contribution in [0.2, 0.25) is 0 Å². The third-order valence-electron chi connectivity index (χ3n) is 2.63. The second-order valence-electron chi connectivity index (χ2n) is 3.51. The Morgan fingerprint density at radius 3 is 3.07 bits per heavy atom. The second kappa shape index (κ2) is 2.45. The molecule has 1 saturated heterocycles. The quantitative estimate of drug-likeness (QED) is 0.624. The molecular formula is C9H9N3O2. The predicted octanol–water partition coefficient (Wildman–Crippen LogP) is 0.442. The fraction of sp³-hybridized carbons (Fsp3) is 0.333. The summed E-state index contributed by atoms with van der Waals surface area (Å²) in [6.07, 6.45) is 1.24. The molecule has 1 spiro atoms. The Morgan fingerprint density at radius 2 is 2.36 bits per heavy atom. The molecule has 1 aromatic rings. The van der Waals surface area contributed by atoms with Gasteiger partial charge in [0.05, 0.1) is 0 Å². The van der Waals surface area contributed by atoms with Crippen molar-refractivity contribution >= 4 is 11.9 Å². The summed E-state index contributed by atoms with van der Waals surface area (Å²) >= 11 is 0. The van der Waals surface area contributed by atoms with Gasteiger partial charge in [0, 0.05) is 24.8 Å². The van der Waals surface area contributed by atoms with Crippen LogP contribution < -0.4 is 10.6 Å². The zero-order chi connectivity index (χ0) is 9.60. The number of nitrogens with zero attached hydrogens (tertiary/aromatic N) is 1. The summed E-state index contributed by atoms with van der Waals surface area (Å²) in [5.41, 5.74) is 0.477. The van der Waals surface area contributed by atoms with Crippen LogP contribution in [0.25, 0.3) is 0 Å². The van der Waals surface area contributed by atoms with Crippen LogP contribution in [0, 0.1) is 0 Å². The van der Waals surface area contributed by atoms with Crippen LogP contribution in [0.1, 0.15) is 5.56 Å². The normalized spacial score (nSPS) is 21.9. The average molecular weight is 191 g/mol. The van der Waals surface area contributed by atoms with Gasteiger partial charge in [-0.1, -0.05) is 0 Å². The van der Waals surface area contributed by atoms with Gasteiger partial charge in [-0.25, -0.2) is 9.78 Å². The van der Waals surface area contributed by atoms with Crippen LogP contribution in [0.3, 0.4) is 0 Å². The van der Waals surface area contributed by atoms with Crippen molar-refractivity contribution in [2.75, 3.05) is 18.4 Å². The maximum atomic E-state index is 11.2. The van der Waals surface area contributed by atoms with Crippen LogP contribution in [-0.4, -0.2) is 24.2 Å². The molecule has 0 atom stereocenters. The molecule has 2 aliphatic heterocycles. The van der Waals surface area contributed by atoms with Crippen molar-refractivity contribution in [3.63, 3.8) is 0 Å². The van der Waals surface area contributed by atoms with Crippen LogP contribution >= 0.6 is 0 Å². The van der Waals surface area contributed by atoms with Gasteiger partial charge >= 0.3 is 6.09 Å². The standard InChI is InChI=1S/C9H9N3O2/c13-8-12-7-6(2-1-3-11-7)9(14-8)4-10-5-9/h1-3,10H,4-5H2,(H,11,12,13). The lowest BCUT2D eigenvalue weighted by Crippen LogP contribution is -2.61. The van der Waals surface area contributed by atoms with Gasteiger partial charge in [-0.05, 0) is 12.1 Å². The Balaban J connectivity index is 2.14. The molecule has 5 nitrogen and oxygen atoms in total. The van der Waals surface area contributed by atoms with Gasteiger partial charge in [-0.15, -0.1) is 0 Å². The van der Waals surface area contributed by atoms with Crippen LogP contribution in [-0.2, 0) is 10.3 Å². The van der Waals surface area contributed by atoms with E-state index in [1.165, 1.54) is 0 Å². The highest BCUT2D eigenvalue weighted by Gasteiger charge is 2.47. The van der Waals surface area contributed by atoms with Gasteiger partial charge in [-0.3, -0.25) is 5.32 Å². The van der Waals surface area contributed by atoms with Crippen molar-refractivity contribution < 1.29 is 9.53 Å². The molecule has 3 rings (SSSR count). The first-order chi connectivity index (χ1) is 6.80. The number of aromatic nitrogens is 1. The molecule has 0 aromatic carbocycles. The van der Waals surface area contributed by atoms with Gasteiger partial charge in [0.15, 0.2) is 5.60 Å². The fourth-order valence-corrected chi connectivity index (χ4v) is 1.84. The number of amides is 1. The Labute approximate surface area is 80.5 Å². The van der Waals surface area contributed by atoms with E-state index in [0.717, 1.165) is 5.56 Å². The van der Waals surface area contributed by atoms with Crippen LogP contribution in [0.5, 0.6) is 0 Å². The Bertz CT molecular complexity index is 401. The summed E-state index contributed by atoms with van der Waals surface area (Å²) in [4.78, 5) is 15.3. The van der Waals surface area contributed by atoms with Crippen molar-refractivity contribution in [3.05, 3.63) is 23.9 Å². The number of carbonyl (C=O) groups excluding carboxylic acids is 1. The smallest absolute Gasteiger partial charge is 0.413 e. The molecule has 0 unspecified atom stereocenters. The number of nitrogens with one attached hydrogen (secondary N) is 2. The number of pyridine rings is 1. The number of anilines is 1. The highest BCUT2D eigenvalue weighted by atomic mass is 16.6. The number of fused-ring (bicyclic) bond motifs is 2. The zero-order valence-corrected chi connectivity index (χ0v) is 7.41. The van der Waals surface area contributed by atoms with Crippen molar-refractivity contribution in [1.82, 2.24) is 10.3 Å². The second-order valence-corrected chi connectivity index (χ2v) is 3.51. The number of rotatable bonds is 0. The van der Waals surface area contributed by atoms with Gasteiger partial charge in [0.25, 0.3) is 0 Å². The van der Waals surface area contributed by atoms with E-state index in [-0.39, 0.29) is 0 Å². The van der Waals surface area contributed by atoms with E-state index in [0.29, 0.717) is 18.9 Å². The summed E-state index contributed by atoms with van der Waals surface area (Å²) in [7, 11) is 0. The third-order valence-corrected chi connectivity index (χ3v) is 2.63. The van der Waals surface area contributed by atoms with Crippen molar-refractivity contribution in [3.8, 4) is 0 Å². The van der Waals surface area contributed by atoms with E-state index in [1.54, 1.807) is 6.20 Å². The van der Waals surface area contributed by atoms with E-state index < -0.39 is 11.7 Å². The Morgan fingerprint density at radius 1 is 1.50 bits per heavy atom. The molecular weight excluding hydrogens is 182 g/mol. The Hall–Kier alpha value is -1.62. The first-order valence-electron chi connectivity index (χ1n) is 4.46. The lowest BCUT2D eigenvalue weighted by molar-refractivity contribution is -0.0300. The largest absolute Gasteiger partial charge is 0.435 e. The number of hydrogen-bond donors (Lipinski definition) is 2. The lowest BCUT2D eigenvalue weighted by atomic mass is 9.87. The minimum Gasteiger partial charge on any atom is -0.435 e. The summed E-state index contributed by atoms with van der Waals surface area (Å²) in [6, 6.07) is 3.78. The highest BCUT2D eigenvalue weighted by Crippen LogP contribution is 2.37. The molecule has 2 aliphatic rings. The maximum absolute atomic E-state index is 11.2. The lowest BCUT2D eigenvalue weighted by Gasteiger charge is -2.44. The van der Waals surface area contributed by atoms with Crippen molar-refractivity contribution in [1.29, 1.82) is 0 Å². The number of hydrogen-bond acceptors (Lipinski definition) is 4. The fourth-order valence-electron chi connectivity index (χ4n) is 1.84. The molecule has 0 radical (unpaired) electrons. The SMILES string of the molecule is O=C1Nc2ncccc2C2(CNC2)O1. The highest BCUT2D eigenvalue weighted by molar-refractivity contribution is 5.87. The third kappa shape index (κ3) is 0.871. The van der Waals surface area contributed by atoms with Crippen LogP contribution in [0.15, 0.2) is 18.3 Å². The van der Waals surface area contributed by atoms with Crippen molar-refractivity contribution in [2.45, 2.75) is 5.60 Å². The topological polar surface area (TPSA) is 63.2 Å². The van der Waals surface area contributed by atoms with Crippen molar-refractivity contribution in [2.24, 2.45) is 0 Å². The minimum atomic E-state index is -0.480. The molecule has 3 heterocycles. The molecule has 0 bridgehead atoms. The number of carbonyl (C=O) groups is 1. The van der Waals surface area contributed by atoms with Gasteiger partial charge in [-0.2, -0.15) is 0 Å². The molecule has 2 N–H and O–H groups in total. The summed E-state index contributed by atoms with van der Waals surface area (Å²) < 4.78 is 5.28. The van der Waals surface area contributed by atoms with E-state index in [4.69, 9.17) is 4.74 Å². The Kier molecular flexibility index (Phi) is 1.36. The number of ether oxygens (including phenoxy) is 1. The molecule has 14 heavy (non-hydrogen) atoms. The van der Waals surface area contributed by atoms with E-state index in [9.17, 15) is 4.79 Å². The molecule has 1 aromatic heterocycles. The average Bonchev–Trinajstić information content (AvgIpc) is 2.14. The molecule has 72 valence electrons. The van der Waals surface area contributed by atoms with Gasteiger partial charge in [0.2, 0.25) is 0 Å². The predicted molar refractivity (Wildman–Crippen MR) is 48.9 cm³/mol. The summed E-state index contributed by atoms with van der Waals surface area (Å²) in [6.45, 7) is 1.33. The molecule has 0 saturated carbocycles. The molecule has 1 fully saturated rings. The van der Waals surface area contributed by atoms with E-state index in [1.807, 2.05) is 12.1 Å². The summed E-state index contributed by atoms with van der Waals surface area (Å²) in [5, 5.41) is 5.68. The zero-order valence-electron chi connectivity index (χ0n) is 7.41. The summed E-state index contributed by atoms with van der Waals surface area (Å²) in [5.74, 6) is 0.616. The minimum absolute atomic E-state index is 0.419. The first kappa shape index (κ1) is 7.75. The van der Waals surface area contributed by atoms with Gasteiger partial charge in [0.1, 0.15) is 5.82 Å². The monoisotopic (exact) mass is 191 g/mol. The van der Waals surface area contributed by atoms with Crippen LogP contribution in [0.4, 0.5) is 10.6 Å². The molecule has 0 aliphatic carbocycles.